The Balaban J connectivity index is 3.03. The molecule has 0 radical (unpaired) electrons. The number of likely N-dealkylation sites (N-methyl/N-ethyl adjacent to an activating group) is 1. The van der Waals surface area contributed by atoms with Gasteiger partial charge in [-0.1, -0.05) is 26.0 Å². The monoisotopic (exact) mass is 318 g/mol. The van der Waals surface area contributed by atoms with E-state index in [-0.39, 0.29) is 29.8 Å². The number of nitrogens with zero attached hydrogens (tertiary/aromatic N) is 1. The van der Waals surface area contributed by atoms with Crippen molar-refractivity contribution in [2.45, 2.75) is 27.2 Å². The van der Waals surface area contributed by atoms with E-state index < -0.39 is 0 Å². The Morgan fingerprint density at radius 2 is 2.04 bits per heavy atom. The van der Waals surface area contributed by atoms with Gasteiger partial charge in [0.2, 0.25) is 0 Å². The van der Waals surface area contributed by atoms with E-state index in [0.717, 1.165) is 12.0 Å². The molecule has 23 heavy (non-hydrogen) atoms. The third kappa shape index (κ3) is 4.66. The third-order valence-electron chi connectivity index (χ3n) is 3.98. The zero-order valence-electron chi connectivity index (χ0n) is 14.1. The second kappa shape index (κ2) is 8.48. The van der Waals surface area contributed by atoms with E-state index in [1.165, 1.54) is 6.08 Å². The summed E-state index contributed by atoms with van der Waals surface area (Å²) in [6, 6.07) is 0. The van der Waals surface area contributed by atoms with Gasteiger partial charge in [-0.3, -0.25) is 4.79 Å². The second-order valence-electron chi connectivity index (χ2n) is 5.62. The van der Waals surface area contributed by atoms with Crippen LogP contribution in [0.2, 0.25) is 0 Å². The van der Waals surface area contributed by atoms with Gasteiger partial charge in [-0.05, 0) is 37.5 Å². The summed E-state index contributed by atoms with van der Waals surface area (Å²) in [5.41, 5.74) is 2.27. The van der Waals surface area contributed by atoms with Gasteiger partial charge in [-0.15, -0.1) is 0 Å². The molecule has 5 nitrogen and oxygen atoms in total. The Kier molecular flexibility index (Phi) is 6.97. The number of hydrogen-bond acceptors (Lipinski definition) is 4. The van der Waals surface area contributed by atoms with Gasteiger partial charge in [-0.2, -0.15) is 0 Å². The van der Waals surface area contributed by atoms with Gasteiger partial charge in [0.25, 0.3) is 5.91 Å². The zero-order valence-corrected chi connectivity index (χ0v) is 14.1. The summed E-state index contributed by atoms with van der Waals surface area (Å²) >= 11 is 0. The lowest BCUT2D eigenvalue weighted by Crippen LogP contribution is -2.36. The van der Waals surface area contributed by atoms with Crippen LogP contribution in [0.3, 0.4) is 0 Å². The number of nitrogens with one attached hydrogen (secondary N) is 1. The highest BCUT2D eigenvalue weighted by molar-refractivity contribution is 6.10. The standard InChI is InChI=1S/C18H26N2O3/c1-5-15(16-9-14(22)7-8-17(16)19)12(3)10-20(6-2)18(23)13(4)11-21/h7-9,12,19,21-22H,4-6,10-11H2,1-3H3/b16-15-,19-17?. The molecule has 0 aromatic rings. The van der Waals surface area contributed by atoms with Crippen molar-refractivity contribution in [2.75, 3.05) is 19.7 Å². The molecule has 3 N–H and O–H groups in total. The molecule has 0 aromatic heterocycles. The predicted octanol–water partition coefficient (Wildman–Crippen LogP) is 2.76. The lowest BCUT2D eigenvalue weighted by molar-refractivity contribution is -0.127. The van der Waals surface area contributed by atoms with Crippen LogP contribution in [0, 0.1) is 11.3 Å². The van der Waals surface area contributed by atoms with Gasteiger partial charge in [-0.25, -0.2) is 0 Å². The molecule has 1 rings (SSSR count). The maximum atomic E-state index is 12.2. The van der Waals surface area contributed by atoms with Crippen LogP contribution in [0.15, 0.2) is 47.3 Å². The lowest BCUT2D eigenvalue weighted by atomic mass is 9.88. The first kappa shape index (κ1) is 18.9. The first-order valence-corrected chi connectivity index (χ1v) is 7.84. The molecule has 0 spiro atoms. The second-order valence-corrected chi connectivity index (χ2v) is 5.62. The van der Waals surface area contributed by atoms with E-state index in [4.69, 9.17) is 10.5 Å². The number of aliphatic hydroxyl groups is 2. The molecule has 1 amide bonds. The van der Waals surface area contributed by atoms with E-state index in [1.807, 2.05) is 20.8 Å². The number of allylic oxidation sites excluding steroid dienone is 4. The molecular formula is C18H26N2O3. The van der Waals surface area contributed by atoms with Gasteiger partial charge in [0.15, 0.2) is 0 Å². The van der Waals surface area contributed by atoms with Gasteiger partial charge >= 0.3 is 0 Å². The zero-order chi connectivity index (χ0) is 17.6. The molecule has 0 saturated heterocycles. The van der Waals surface area contributed by atoms with Crippen molar-refractivity contribution < 1.29 is 15.0 Å². The summed E-state index contributed by atoms with van der Waals surface area (Å²) in [5.74, 6) is -0.0909. The summed E-state index contributed by atoms with van der Waals surface area (Å²) in [6.45, 7) is 10.1. The van der Waals surface area contributed by atoms with E-state index in [2.05, 4.69) is 6.58 Å². The van der Waals surface area contributed by atoms with Crippen LogP contribution in [-0.4, -0.2) is 46.4 Å². The first-order chi connectivity index (χ1) is 10.8. The van der Waals surface area contributed by atoms with Crippen LogP contribution in [0.1, 0.15) is 27.2 Å². The van der Waals surface area contributed by atoms with Crippen molar-refractivity contribution in [1.29, 1.82) is 5.41 Å². The summed E-state index contributed by atoms with van der Waals surface area (Å²) in [6.07, 6.45) is 5.39. The Hall–Kier alpha value is -2.14. The summed E-state index contributed by atoms with van der Waals surface area (Å²) in [4.78, 5) is 13.8. The number of carbonyl (C=O) groups is 1. The van der Waals surface area contributed by atoms with Crippen LogP contribution in [0.25, 0.3) is 0 Å². The van der Waals surface area contributed by atoms with Crippen molar-refractivity contribution >= 4 is 11.6 Å². The highest BCUT2D eigenvalue weighted by Crippen LogP contribution is 2.25. The smallest absolute Gasteiger partial charge is 0.251 e. The maximum Gasteiger partial charge on any atom is 0.251 e. The maximum absolute atomic E-state index is 12.2. The average molecular weight is 318 g/mol. The number of aliphatic hydroxyl groups excluding tert-OH is 2. The lowest BCUT2D eigenvalue weighted by Gasteiger charge is -2.27. The van der Waals surface area contributed by atoms with Gasteiger partial charge in [0, 0.05) is 24.2 Å². The molecule has 0 bridgehead atoms. The minimum atomic E-state index is -0.350. The molecule has 126 valence electrons. The summed E-state index contributed by atoms with van der Waals surface area (Å²) < 4.78 is 0. The summed E-state index contributed by atoms with van der Waals surface area (Å²) in [7, 11) is 0. The molecule has 0 heterocycles. The van der Waals surface area contributed by atoms with Crippen molar-refractivity contribution in [3.8, 4) is 0 Å². The molecule has 0 aliphatic heterocycles. The Labute approximate surface area is 137 Å². The molecule has 0 aromatic carbocycles. The third-order valence-corrected chi connectivity index (χ3v) is 3.98. The van der Waals surface area contributed by atoms with Gasteiger partial charge in [0.05, 0.1) is 12.3 Å². The fourth-order valence-electron chi connectivity index (χ4n) is 2.69. The van der Waals surface area contributed by atoms with Crippen LogP contribution in [0.4, 0.5) is 0 Å². The van der Waals surface area contributed by atoms with Crippen LogP contribution in [-0.2, 0) is 4.79 Å². The quantitative estimate of drug-likeness (QED) is 0.631. The van der Waals surface area contributed by atoms with Crippen molar-refractivity contribution in [3.63, 3.8) is 0 Å². The van der Waals surface area contributed by atoms with E-state index in [0.29, 0.717) is 24.4 Å². The van der Waals surface area contributed by atoms with Crippen molar-refractivity contribution in [3.05, 3.63) is 47.3 Å². The summed E-state index contributed by atoms with van der Waals surface area (Å²) in [5, 5.41) is 26.8. The molecule has 0 fully saturated rings. The van der Waals surface area contributed by atoms with E-state index >= 15 is 0 Å². The van der Waals surface area contributed by atoms with E-state index in [1.54, 1.807) is 17.1 Å². The van der Waals surface area contributed by atoms with Crippen molar-refractivity contribution in [2.24, 2.45) is 5.92 Å². The number of amides is 1. The number of rotatable bonds is 7. The highest BCUT2D eigenvalue weighted by atomic mass is 16.3. The van der Waals surface area contributed by atoms with Crippen LogP contribution < -0.4 is 0 Å². The topological polar surface area (TPSA) is 84.6 Å². The SMILES string of the molecule is C=C(CO)C(=O)N(CC)CC(C)/C(CC)=C1/C=C(O)C=CC1=N. The first-order valence-electron chi connectivity index (χ1n) is 7.84. The largest absolute Gasteiger partial charge is 0.508 e. The molecule has 5 heteroatoms. The van der Waals surface area contributed by atoms with Crippen LogP contribution in [0.5, 0.6) is 0 Å². The molecular weight excluding hydrogens is 292 g/mol. The van der Waals surface area contributed by atoms with Gasteiger partial charge < -0.3 is 20.5 Å². The number of carbonyl (C=O) groups excluding carboxylic acids is 1. The minimum absolute atomic E-state index is 0.0290. The fourth-order valence-corrected chi connectivity index (χ4v) is 2.69. The molecule has 1 aliphatic carbocycles. The molecule has 0 saturated carbocycles. The number of hydrogen-bond donors (Lipinski definition) is 3. The Bertz CT molecular complexity index is 585. The Morgan fingerprint density at radius 3 is 2.57 bits per heavy atom. The van der Waals surface area contributed by atoms with Gasteiger partial charge in [0.1, 0.15) is 5.76 Å². The molecule has 1 unspecified atom stereocenters. The van der Waals surface area contributed by atoms with Crippen molar-refractivity contribution in [1.82, 2.24) is 4.90 Å². The fraction of sp³-hybridized carbons (Fsp3) is 0.444. The highest BCUT2D eigenvalue weighted by Gasteiger charge is 2.21. The van der Waals surface area contributed by atoms with E-state index in [9.17, 15) is 9.90 Å². The average Bonchev–Trinajstić information content (AvgIpc) is 2.54. The predicted molar refractivity (Wildman–Crippen MR) is 92.5 cm³/mol. The Morgan fingerprint density at radius 1 is 1.39 bits per heavy atom. The normalized spacial score (nSPS) is 17.6. The van der Waals surface area contributed by atoms with Crippen LogP contribution >= 0.6 is 0 Å². The molecule has 1 atom stereocenters. The molecule has 1 aliphatic rings. The minimum Gasteiger partial charge on any atom is -0.508 e.